The molecule has 0 heterocycles. The van der Waals surface area contributed by atoms with E-state index in [1.807, 2.05) is 32.0 Å². The largest absolute Gasteiger partial charge is 0.508 e. The Labute approximate surface area is 120 Å². The Morgan fingerprint density at radius 3 is 2.63 bits per heavy atom. The van der Waals surface area contributed by atoms with Crippen LogP contribution in [0.2, 0.25) is 0 Å². The molecule has 0 bridgehead atoms. The maximum atomic E-state index is 13.2. The van der Waals surface area contributed by atoms with E-state index in [9.17, 15) is 9.50 Å². The zero-order valence-corrected chi connectivity index (χ0v) is 12.3. The van der Waals surface area contributed by atoms with Gasteiger partial charge in [-0.25, -0.2) is 4.39 Å². The van der Waals surface area contributed by atoms with Crippen molar-refractivity contribution in [2.45, 2.75) is 19.9 Å². The van der Waals surface area contributed by atoms with Crippen LogP contribution in [0.4, 0.5) is 10.1 Å². The number of anilines is 1. The highest BCUT2D eigenvalue weighted by Crippen LogP contribution is 2.29. The molecule has 2 nitrogen and oxygen atoms in total. The molecule has 0 saturated carbocycles. The zero-order valence-electron chi connectivity index (χ0n) is 10.7. The standard InChI is InChI=1S/C15H15BrFNO/c1-9-7-11(16)3-5-14(9)18-10(2)13-8-12(17)4-6-15(13)19/h3-8,10,18-19H,1-2H3. The number of benzene rings is 2. The van der Waals surface area contributed by atoms with Gasteiger partial charge in [0, 0.05) is 15.7 Å². The van der Waals surface area contributed by atoms with Gasteiger partial charge >= 0.3 is 0 Å². The molecule has 0 fully saturated rings. The summed E-state index contributed by atoms with van der Waals surface area (Å²) in [6.45, 7) is 3.88. The number of hydrogen-bond acceptors (Lipinski definition) is 2. The first-order chi connectivity index (χ1) is 8.97. The number of rotatable bonds is 3. The predicted octanol–water partition coefficient (Wildman–Crippen LogP) is 4.78. The molecule has 2 aromatic rings. The Balaban J connectivity index is 2.25. The maximum absolute atomic E-state index is 13.2. The lowest BCUT2D eigenvalue weighted by molar-refractivity contribution is 0.462. The van der Waals surface area contributed by atoms with Crippen LogP contribution in [-0.4, -0.2) is 5.11 Å². The average Bonchev–Trinajstić information content (AvgIpc) is 2.35. The number of halogens is 2. The lowest BCUT2D eigenvalue weighted by atomic mass is 10.1. The Morgan fingerprint density at radius 2 is 1.95 bits per heavy atom. The Hall–Kier alpha value is -1.55. The second-order valence-electron chi connectivity index (χ2n) is 4.53. The summed E-state index contributed by atoms with van der Waals surface area (Å²) in [4.78, 5) is 0. The van der Waals surface area contributed by atoms with Gasteiger partial charge in [0.25, 0.3) is 0 Å². The lowest BCUT2D eigenvalue weighted by Gasteiger charge is -2.18. The molecule has 0 amide bonds. The molecule has 0 saturated heterocycles. The van der Waals surface area contributed by atoms with Crippen LogP contribution in [0.5, 0.6) is 5.75 Å². The zero-order chi connectivity index (χ0) is 14.0. The van der Waals surface area contributed by atoms with Crippen LogP contribution >= 0.6 is 15.9 Å². The summed E-state index contributed by atoms with van der Waals surface area (Å²) >= 11 is 3.41. The summed E-state index contributed by atoms with van der Waals surface area (Å²) in [6.07, 6.45) is 0. The van der Waals surface area contributed by atoms with Crippen molar-refractivity contribution in [2.75, 3.05) is 5.32 Å². The average molecular weight is 324 g/mol. The summed E-state index contributed by atoms with van der Waals surface area (Å²) in [6, 6.07) is 9.67. The third kappa shape index (κ3) is 3.26. The van der Waals surface area contributed by atoms with E-state index in [4.69, 9.17) is 0 Å². The van der Waals surface area contributed by atoms with Crippen LogP contribution in [-0.2, 0) is 0 Å². The first-order valence-corrected chi connectivity index (χ1v) is 6.78. The van der Waals surface area contributed by atoms with Gasteiger partial charge in [0.2, 0.25) is 0 Å². The molecule has 0 aliphatic rings. The minimum atomic E-state index is -0.353. The Kier molecular flexibility index (Phi) is 4.10. The topological polar surface area (TPSA) is 32.3 Å². The first-order valence-electron chi connectivity index (χ1n) is 5.98. The quantitative estimate of drug-likeness (QED) is 0.852. The van der Waals surface area contributed by atoms with Crippen LogP contribution in [0, 0.1) is 12.7 Å². The second-order valence-corrected chi connectivity index (χ2v) is 5.44. The van der Waals surface area contributed by atoms with Crippen LogP contribution < -0.4 is 5.32 Å². The van der Waals surface area contributed by atoms with E-state index in [0.29, 0.717) is 5.56 Å². The summed E-state index contributed by atoms with van der Waals surface area (Å²) < 4.78 is 14.2. The number of phenolic OH excluding ortho intramolecular Hbond substituents is 1. The molecule has 1 atom stereocenters. The fraction of sp³-hybridized carbons (Fsp3) is 0.200. The summed E-state index contributed by atoms with van der Waals surface area (Å²) in [5.74, 6) is -0.259. The third-order valence-corrected chi connectivity index (χ3v) is 3.51. The molecular weight excluding hydrogens is 309 g/mol. The van der Waals surface area contributed by atoms with Gasteiger partial charge in [0.05, 0.1) is 6.04 Å². The number of hydrogen-bond donors (Lipinski definition) is 2. The molecule has 0 aliphatic carbocycles. The lowest BCUT2D eigenvalue weighted by Crippen LogP contribution is -2.08. The van der Waals surface area contributed by atoms with Crippen molar-refractivity contribution in [1.82, 2.24) is 0 Å². The molecule has 100 valence electrons. The van der Waals surface area contributed by atoms with Gasteiger partial charge in [0.1, 0.15) is 11.6 Å². The third-order valence-electron chi connectivity index (χ3n) is 3.02. The summed E-state index contributed by atoms with van der Waals surface area (Å²) in [5.41, 5.74) is 2.58. The molecule has 0 aromatic heterocycles. The SMILES string of the molecule is Cc1cc(Br)ccc1NC(C)c1cc(F)ccc1O. The molecule has 19 heavy (non-hydrogen) atoms. The van der Waals surface area contributed by atoms with E-state index in [0.717, 1.165) is 15.7 Å². The van der Waals surface area contributed by atoms with Crippen molar-refractivity contribution in [2.24, 2.45) is 0 Å². The summed E-state index contributed by atoms with van der Waals surface area (Å²) in [5, 5.41) is 13.1. The molecule has 2 N–H and O–H groups in total. The van der Waals surface area contributed by atoms with Crippen LogP contribution in [0.15, 0.2) is 40.9 Å². The normalized spacial score (nSPS) is 12.2. The fourth-order valence-corrected chi connectivity index (χ4v) is 2.45. The van der Waals surface area contributed by atoms with Gasteiger partial charge in [0.15, 0.2) is 0 Å². The molecule has 0 radical (unpaired) electrons. The summed E-state index contributed by atoms with van der Waals surface area (Å²) in [7, 11) is 0. The van der Waals surface area contributed by atoms with E-state index >= 15 is 0 Å². The van der Waals surface area contributed by atoms with Crippen molar-refractivity contribution in [1.29, 1.82) is 0 Å². The van der Waals surface area contributed by atoms with Gasteiger partial charge < -0.3 is 10.4 Å². The highest BCUT2D eigenvalue weighted by molar-refractivity contribution is 9.10. The monoisotopic (exact) mass is 323 g/mol. The maximum Gasteiger partial charge on any atom is 0.123 e. The van der Waals surface area contributed by atoms with E-state index in [2.05, 4.69) is 21.2 Å². The van der Waals surface area contributed by atoms with Crippen LogP contribution in [0.1, 0.15) is 24.1 Å². The van der Waals surface area contributed by atoms with E-state index < -0.39 is 0 Å². The minimum Gasteiger partial charge on any atom is -0.508 e. The minimum absolute atomic E-state index is 0.0937. The van der Waals surface area contributed by atoms with Crippen LogP contribution in [0.3, 0.4) is 0 Å². The van der Waals surface area contributed by atoms with E-state index in [-0.39, 0.29) is 17.6 Å². The predicted molar refractivity (Wildman–Crippen MR) is 79.0 cm³/mol. The number of nitrogens with one attached hydrogen (secondary N) is 1. The highest BCUT2D eigenvalue weighted by Gasteiger charge is 2.12. The fourth-order valence-electron chi connectivity index (χ4n) is 1.97. The molecular formula is C15H15BrFNO. The van der Waals surface area contributed by atoms with Crippen molar-refractivity contribution in [3.8, 4) is 5.75 Å². The number of aromatic hydroxyl groups is 1. The highest BCUT2D eigenvalue weighted by atomic mass is 79.9. The van der Waals surface area contributed by atoms with Gasteiger partial charge in [-0.2, -0.15) is 0 Å². The molecule has 2 rings (SSSR count). The van der Waals surface area contributed by atoms with Crippen molar-refractivity contribution < 1.29 is 9.50 Å². The first kappa shape index (κ1) is 13.9. The molecule has 2 aromatic carbocycles. The smallest absolute Gasteiger partial charge is 0.123 e. The molecule has 0 spiro atoms. The Bertz CT molecular complexity index is 601. The molecule has 4 heteroatoms. The van der Waals surface area contributed by atoms with Crippen molar-refractivity contribution in [3.05, 3.63) is 57.8 Å². The van der Waals surface area contributed by atoms with E-state index in [1.54, 1.807) is 0 Å². The second kappa shape index (κ2) is 5.61. The number of phenols is 1. The molecule has 0 aliphatic heterocycles. The van der Waals surface area contributed by atoms with Crippen molar-refractivity contribution in [3.63, 3.8) is 0 Å². The van der Waals surface area contributed by atoms with Gasteiger partial charge in [-0.15, -0.1) is 0 Å². The van der Waals surface area contributed by atoms with E-state index in [1.165, 1.54) is 18.2 Å². The van der Waals surface area contributed by atoms with Crippen LogP contribution in [0.25, 0.3) is 0 Å². The van der Waals surface area contributed by atoms with Crippen molar-refractivity contribution >= 4 is 21.6 Å². The molecule has 1 unspecified atom stereocenters. The van der Waals surface area contributed by atoms with Gasteiger partial charge in [-0.05, 0) is 55.8 Å². The number of aryl methyl sites for hydroxylation is 1. The van der Waals surface area contributed by atoms with Gasteiger partial charge in [-0.1, -0.05) is 15.9 Å². The van der Waals surface area contributed by atoms with Gasteiger partial charge in [-0.3, -0.25) is 0 Å². The Morgan fingerprint density at radius 1 is 1.21 bits per heavy atom.